The van der Waals surface area contributed by atoms with Gasteiger partial charge in [-0.2, -0.15) is 0 Å². The van der Waals surface area contributed by atoms with Crippen LogP contribution >= 0.6 is 0 Å². The monoisotopic (exact) mass is 506 g/mol. The van der Waals surface area contributed by atoms with E-state index in [1.54, 1.807) is 24.4 Å². The van der Waals surface area contributed by atoms with Gasteiger partial charge in [-0.1, -0.05) is 58.2 Å². The van der Waals surface area contributed by atoms with Crippen LogP contribution in [-0.4, -0.2) is 48.6 Å². The van der Waals surface area contributed by atoms with Gasteiger partial charge in [0, 0.05) is 43.3 Å². The molecular formula is C30H42N4O3. The Balaban J connectivity index is 1.80. The quantitative estimate of drug-likeness (QED) is 0.580. The molecule has 2 fully saturated rings. The van der Waals surface area contributed by atoms with Crippen LogP contribution in [0.1, 0.15) is 77.3 Å². The highest BCUT2D eigenvalue weighted by atomic mass is 16.5. The van der Waals surface area contributed by atoms with Gasteiger partial charge in [0.15, 0.2) is 5.54 Å². The molecule has 2 aromatic rings. The molecule has 1 saturated carbocycles. The van der Waals surface area contributed by atoms with E-state index in [1.165, 1.54) is 6.42 Å². The van der Waals surface area contributed by atoms with Crippen molar-refractivity contribution in [2.45, 2.75) is 95.4 Å². The maximum Gasteiger partial charge on any atom is 0.251 e. The molecule has 37 heavy (non-hydrogen) atoms. The molecule has 2 amide bonds. The molecule has 1 aromatic heterocycles. The van der Waals surface area contributed by atoms with Crippen LogP contribution in [0.25, 0.3) is 0 Å². The molecule has 2 heterocycles. The molecule has 3 unspecified atom stereocenters. The average molecular weight is 507 g/mol. The lowest BCUT2D eigenvalue weighted by atomic mass is 9.85. The summed E-state index contributed by atoms with van der Waals surface area (Å²) in [4.78, 5) is 34.6. The number of nitrogens with one attached hydrogen (secondary N) is 2. The Morgan fingerprint density at radius 1 is 1.03 bits per heavy atom. The van der Waals surface area contributed by atoms with Gasteiger partial charge in [-0.15, -0.1) is 0 Å². The van der Waals surface area contributed by atoms with Gasteiger partial charge in [0.25, 0.3) is 5.91 Å². The molecule has 2 aliphatic rings. The van der Waals surface area contributed by atoms with Crippen molar-refractivity contribution < 1.29 is 14.3 Å². The van der Waals surface area contributed by atoms with E-state index in [4.69, 9.17) is 4.74 Å². The normalized spacial score (nSPS) is 22.3. The van der Waals surface area contributed by atoms with Gasteiger partial charge < -0.3 is 15.4 Å². The molecule has 1 aliphatic heterocycles. The average Bonchev–Trinajstić information content (AvgIpc) is 3.39. The molecule has 7 nitrogen and oxygen atoms in total. The first-order valence-corrected chi connectivity index (χ1v) is 13.6. The third-order valence-electron chi connectivity index (χ3n) is 7.99. The highest BCUT2D eigenvalue weighted by Gasteiger charge is 2.48. The summed E-state index contributed by atoms with van der Waals surface area (Å²) in [5.41, 5.74) is 1.20. The number of carbonyl (C=O) groups excluding carboxylic acids is 2. The van der Waals surface area contributed by atoms with Gasteiger partial charge in [0.1, 0.15) is 0 Å². The number of amides is 2. The molecule has 1 aliphatic carbocycles. The Labute approximate surface area is 221 Å². The van der Waals surface area contributed by atoms with E-state index in [2.05, 4.69) is 48.5 Å². The number of aromatic nitrogens is 1. The second-order valence-corrected chi connectivity index (χ2v) is 11.6. The van der Waals surface area contributed by atoms with Crippen molar-refractivity contribution in [3.8, 4) is 0 Å². The third-order valence-corrected chi connectivity index (χ3v) is 7.99. The largest absolute Gasteiger partial charge is 0.380 e. The van der Waals surface area contributed by atoms with Crippen LogP contribution in [0.5, 0.6) is 0 Å². The fourth-order valence-electron chi connectivity index (χ4n) is 5.53. The Morgan fingerprint density at radius 2 is 1.73 bits per heavy atom. The van der Waals surface area contributed by atoms with Crippen LogP contribution in [0.2, 0.25) is 0 Å². The SMILES string of the molecule is COC1CNC(C(=O)N(c2ccc(C(C)(C)C)cc2)C(C)(C(=O)NC2CCCCC2)c2cccnc2)C1. The van der Waals surface area contributed by atoms with Crippen LogP contribution in [0.3, 0.4) is 0 Å². The lowest BCUT2D eigenvalue weighted by Crippen LogP contribution is -2.61. The van der Waals surface area contributed by atoms with Gasteiger partial charge in [0.2, 0.25) is 5.91 Å². The summed E-state index contributed by atoms with van der Waals surface area (Å²) >= 11 is 0. The topological polar surface area (TPSA) is 83.6 Å². The summed E-state index contributed by atoms with van der Waals surface area (Å²) in [5, 5.41) is 6.63. The Hall–Kier alpha value is -2.77. The van der Waals surface area contributed by atoms with Crippen molar-refractivity contribution in [2.75, 3.05) is 18.6 Å². The molecule has 3 atom stereocenters. The molecule has 0 spiro atoms. The number of hydrogen-bond donors (Lipinski definition) is 2. The number of methoxy groups -OCH3 is 1. The minimum Gasteiger partial charge on any atom is -0.380 e. The summed E-state index contributed by atoms with van der Waals surface area (Å²) in [7, 11) is 1.67. The maximum absolute atomic E-state index is 14.3. The molecule has 200 valence electrons. The van der Waals surface area contributed by atoms with Crippen LogP contribution in [0.15, 0.2) is 48.8 Å². The molecule has 4 rings (SSSR count). The first kappa shape index (κ1) is 27.3. The van der Waals surface area contributed by atoms with E-state index in [-0.39, 0.29) is 29.4 Å². The minimum atomic E-state index is -1.29. The van der Waals surface area contributed by atoms with Gasteiger partial charge in [-0.05, 0) is 55.4 Å². The number of benzene rings is 1. The predicted molar refractivity (Wildman–Crippen MR) is 146 cm³/mol. The lowest BCUT2D eigenvalue weighted by Gasteiger charge is -2.42. The van der Waals surface area contributed by atoms with E-state index >= 15 is 0 Å². The summed E-state index contributed by atoms with van der Waals surface area (Å²) in [6, 6.07) is 11.4. The van der Waals surface area contributed by atoms with Gasteiger partial charge >= 0.3 is 0 Å². The van der Waals surface area contributed by atoms with E-state index in [0.717, 1.165) is 31.2 Å². The van der Waals surface area contributed by atoms with E-state index in [0.29, 0.717) is 24.2 Å². The number of hydrogen-bond acceptors (Lipinski definition) is 5. The summed E-state index contributed by atoms with van der Waals surface area (Å²) < 4.78 is 5.53. The third kappa shape index (κ3) is 5.88. The van der Waals surface area contributed by atoms with E-state index < -0.39 is 11.6 Å². The summed E-state index contributed by atoms with van der Waals surface area (Å²) in [6.45, 7) is 8.93. The highest BCUT2D eigenvalue weighted by molar-refractivity contribution is 6.06. The highest BCUT2D eigenvalue weighted by Crippen LogP contribution is 2.36. The maximum atomic E-state index is 14.3. The van der Waals surface area contributed by atoms with Gasteiger partial charge in [-0.3, -0.25) is 19.5 Å². The zero-order valence-corrected chi connectivity index (χ0v) is 22.9. The van der Waals surface area contributed by atoms with E-state index in [9.17, 15) is 9.59 Å². The molecular weight excluding hydrogens is 464 g/mol. The number of ether oxygens (including phenoxy) is 1. The molecule has 2 N–H and O–H groups in total. The number of rotatable bonds is 7. The first-order chi connectivity index (χ1) is 17.6. The van der Waals surface area contributed by atoms with Crippen molar-refractivity contribution in [2.24, 2.45) is 0 Å². The number of nitrogens with zero attached hydrogens (tertiary/aromatic N) is 2. The zero-order valence-electron chi connectivity index (χ0n) is 22.9. The van der Waals surface area contributed by atoms with Crippen molar-refractivity contribution in [3.63, 3.8) is 0 Å². The number of carbonyl (C=O) groups is 2. The standard InChI is InChI=1S/C30H42N4O3/c1-29(2,3)21-13-15-24(16-14-21)34(27(35)26-18-25(37-5)20-32-26)30(4,22-10-9-17-31-19-22)28(36)33-23-11-7-6-8-12-23/h9-10,13-17,19,23,25-26,32H,6-8,11-12,18,20H2,1-5H3,(H,33,36). The molecule has 1 saturated heterocycles. The van der Waals surface area contributed by atoms with Crippen molar-refractivity contribution in [3.05, 3.63) is 59.9 Å². The zero-order chi connectivity index (χ0) is 26.6. The van der Waals surface area contributed by atoms with Gasteiger partial charge in [0.05, 0.1) is 12.1 Å². The minimum absolute atomic E-state index is 0.0307. The number of pyridine rings is 1. The Morgan fingerprint density at radius 3 is 2.30 bits per heavy atom. The molecule has 0 bridgehead atoms. The smallest absolute Gasteiger partial charge is 0.251 e. The van der Waals surface area contributed by atoms with E-state index in [1.807, 2.05) is 31.2 Å². The van der Waals surface area contributed by atoms with Crippen molar-refractivity contribution >= 4 is 17.5 Å². The number of anilines is 1. The molecule has 1 aromatic carbocycles. The van der Waals surface area contributed by atoms with Crippen molar-refractivity contribution in [1.82, 2.24) is 15.6 Å². The van der Waals surface area contributed by atoms with Crippen LogP contribution in [0, 0.1) is 0 Å². The molecule has 0 radical (unpaired) electrons. The summed E-state index contributed by atoms with van der Waals surface area (Å²) in [5.74, 6) is -0.324. The molecule has 7 heteroatoms. The van der Waals surface area contributed by atoms with Gasteiger partial charge in [-0.25, -0.2) is 0 Å². The van der Waals surface area contributed by atoms with Crippen LogP contribution in [0.4, 0.5) is 5.69 Å². The fourth-order valence-corrected chi connectivity index (χ4v) is 5.53. The van der Waals surface area contributed by atoms with Crippen molar-refractivity contribution in [1.29, 1.82) is 0 Å². The Kier molecular flexibility index (Phi) is 8.34. The lowest BCUT2D eigenvalue weighted by molar-refractivity contribution is -0.131. The second-order valence-electron chi connectivity index (χ2n) is 11.6. The van der Waals surface area contributed by atoms with Crippen LogP contribution < -0.4 is 15.5 Å². The second kappa shape index (κ2) is 11.3. The summed E-state index contributed by atoms with van der Waals surface area (Å²) in [6.07, 6.45) is 9.24. The Bertz CT molecular complexity index is 1060. The fraction of sp³-hybridized carbons (Fsp3) is 0.567. The predicted octanol–water partition coefficient (Wildman–Crippen LogP) is 4.45. The first-order valence-electron chi connectivity index (χ1n) is 13.6. The van der Waals surface area contributed by atoms with Crippen LogP contribution in [-0.2, 0) is 25.3 Å².